The van der Waals surface area contributed by atoms with Crippen LogP contribution in [0.15, 0.2) is 0 Å². The first-order valence-corrected chi connectivity index (χ1v) is 13.6. The fourth-order valence-electron chi connectivity index (χ4n) is 1.54. The van der Waals surface area contributed by atoms with Gasteiger partial charge >= 0.3 is 20.2 Å². The molecule has 144 valence electrons. The lowest BCUT2D eigenvalue weighted by atomic mass is 10.00. The molecule has 1 rings (SSSR count). The second-order valence-electron chi connectivity index (χ2n) is 4.42. The number of aliphatic hydroxyl groups excluding tert-OH is 4. The van der Waals surface area contributed by atoms with Crippen molar-refractivity contribution in [3.05, 3.63) is 0 Å². The minimum atomic E-state index is -4.45. The molecule has 0 aromatic rings. The lowest BCUT2D eigenvalue weighted by molar-refractivity contribution is -0.285. The highest BCUT2D eigenvalue weighted by molar-refractivity contribution is 8.17. The maximum atomic E-state index is 9.75. The van der Waals surface area contributed by atoms with Crippen LogP contribution in [-0.4, -0.2) is 77.3 Å². The molecule has 1 aliphatic heterocycles. The molecule has 0 bridgehead atoms. The van der Waals surface area contributed by atoms with Crippen LogP contribution in [0.25, 0.3) is 0 Å². The summed E-state index contributed by atoms with van der Waals surface area (Å²) in [5.74, 6) is 0. The number of hydrogen-bond donors (Lipinski definition) is 8. The van der Waals surface area contributed by atoms with Crippen molar-refractivity contribution >= 4 is 55.6 Å². The van der Waals surface area contributed by atoms with Crippen LogP contribution < -0.4 is 0 Å². The van der Waals surface area contributed by atoms with Gasteiger partial charge in [-0.1, -0.05) is 0 Å². The van der Waals surface area contributed by atoms with Gasteiger partial charge in [0.1, 0.15) is 24.4 Å². The first kappa shape index (κ1) is 23.5. The SMILES string of the molecule is O[C@@H]1[C@@H](O)[C@H](O)O[C@H](COP(O)(=S)OP(O)(=S)OP(O)(O)=S)[C@@H]1O. The zero-order valence-corrected chi connectivity index (χ0v) is 16.5. The van der Waals surface area contributed by atoms with Gasteiger partial charge in [0.25, 0.3) is 0 Å². The molecule has 0 saturated carbocycles. The summed E-state index contributed by atoms with van der Waals surface area (Å²) in [7, 11) is 0. The normalized spacial score (nSPS) is 36.8. The van der Waals surface area contributed by atoms with Crippen LogP contribution in [0, 0.1) is 0 Å². The van der Waals surface area contributed by atoms with Crippen LogP contribution in [0.1, 0.15) is 0 Å². The highest BCUT2D eigenvalue weighted by Gasteiger charge is 2.44. The molecule has 8 N–H and O–H groups in total. The van der Waals surface area contributed by atoms with Gasteiger partial charge < -0.3 is 49.3 Å². The summed E-state index contributed by atoms with van der Waals surface area (Å²) in [5.41, 5.74) is 0. The van der Waals surface area contributed by atoms with Crippen molar-refractivity contribution in [1.29, 1.82) is 0 Å². The molecule has 7 atom stereocenters. The van der Waals surface area contributed by atoms with Gasteiger partial charge in [0, 0.05) is 0 Å². The Hall–Kier alpha value is 1.47. The van der Waals surface area contributed by atoms with Gasteiger partial charge in [-0.3, -0.25) is 0 Å². The van der Waals surface area contributed by atoms with E-state index in [0.717, 1.165) is 0 Å². The van der Waals surface area contributed by atoms with Crippen molar-refractivity contribution in [2.75, 3.05) is 6.61 Å². The molecule has 18 heteroatoms. The second kappa shape index (κ2) is 8.65. The largest absolute Gasteiger partial charge is 0.387 e. The number of rotatable bonds is 7. The van der Waals surface area contributed by atoms with Crippen molar-refractivity contribution < 1.29 is 57.9 Å². The van der Waals surface area contributed by atoms with E-state index >= 15 is 0 Å². The molecule has 0 aromatic carbocycles. The molecule has 12 nitrogen and oxygen atoms in total. The summed E-state index contributed by atoms with van der Waals surface area (Å²) in [6.07, 6.45) is -8.49. The van der Waals surface area contributed by atoms with Crippen molar-refractivity contribution in [2.24, 2.45) is 0 Å². The van der Waals surface area contributed by atoms with E-state index in [2.05, 4.69) is 44.0 Å². The molecule has 0 amide bonds. The van der Waals surface area contributed by atoms with Gasteiger partial charge in [0.05, 0.1) is 6.61 Å². The summed E-state index contributed by atoms with van der Waals surface area (Å²) in [6.45, 7) is -13.9. The van der Waals surface area contributed by atoms with Crippen molar-refractivity contribution in [3.8, 4) is 0 Å². The molecule has 0 aliphatic carbocycles. The topological polar surface area (TPSA) is 199 Å². The molecule has 1 fully saturated rings. The van der Waals surface area contributed by atoms with Gasteiger partial charge in [-0.15, -0.1) is 0 Å². The minimum absolute atomic E-state index is 0.739. The highest BCUT2D eigenvalue weighted by atomic mass is 32.5. The average Bonchev–Trinajstić information content (AvgIpc) is 2.34. The van der Waals surface area contributed by atoms with Crippen LogP contribution in [0.3, 0.4) is 0 Å². The average molecular weight is 468 g/mol. The van der Waals surface area contributed by atoms with E-state index in [1.54, 1.807) is 0 Å². The van der Waals surface area contributed by atoms with E-state index in [-0.39, 0.29) is 0 Å². The summed E-state index contributed by atoms with van der Waals surface area (Å²) in [5, 5.41) is 37.8. The van der Waals surface area contributed by atoms with E-state index in [4.69, 9.17) is 19.0 Å². The number of aliphatic hydroxyl groups is 4. The van der Waals surface area contributed by atoms with Gasteiger partial charge in [0.2, 0.25) is 0 Å². The molecule has 1 aliphatic rings. The van der Waals surface area contributed by atoms with Gasteiger partial charge in [-0.2, -0.15) is 0 Å². The molecule has 1 heterocycles. The summed E-state index contributed by atoms with van der Waals surface area (Å²) < 4.78 is 18.1. The number of hydrogen-bond acceptors (Lipinski definition) is 11. The maximum absolute atomic E-state index is 9.75. The Morgan fingerprint density at radius 3 is 1.83 bits per heavy atom. The van der Waals surface area contributed by atoms with E-state index < -0.39 is 57.5 Å². The first-order chi connectivity index (χ1) is 10.6. The number of ether oxygens (including phenoxy) is 1. The standard InChI is InChI=1S/C6H15O12P3S3/c7-3-2(16-6(10)5(9)4(3)8)1-15-20(13,23)18-21(14,24)17-19(11,12)22/h2-10H,1H2,(H,13,23)(H,14,24)(H2,11,12,22)/t2-,3+,4+,5-,6-,20?,21?/m1/s1. The van der Waals surface area contributed by atoms with Gasteiger partial charge in [-0.25, -0.2) is 8.62 Å². The van der Waals surface area contributed by atoms with Gasteiger partial charge in [-0.05, 0) is 35.4 Å². The highest BCUT2D eigenvalue weighted by Crippen LogP contribution is 2.66. The van der Waals surface area contributed by atoms with Crippen LogP contribution in [0.2, 0.25) is 0 Å². The molecule has 0 spiro atoms. The zero-order valence-electron chi connectivity index (χ0n) is 11.4. The maximum Gasteiger partial charge on any atom is 0.339 e. The molecular weight excluding hydrogens is 453 g/mol. The van der Waals surface area contributed by atoms with E-state index in [0.29, 0.717) is 0 Å². The van der Waals surface area contributed by atoms with E-state index in [1.807, 2.05) is 0 Å². The smallest absolute Gasteiger partial charge is 0.339 e. The molecule has 24 heavy (non-hydrogen) atoms. The third kappa shape index (κ3) is 7.61. The summed E-state index contributed by atoms with van der Waals surface area (Å²) in [6, 6.07) is 0. The Bertz CT molecular complexity index is 582. The van der Waals surface area contributed by atoms with Crippen molar-refractivity contribution in [3.63, 3.8) is 0 Å². The molecule has 0 radical (unpaired) electrons. The zero-order chi connectivity index (χ0) is 18.9. The monoisotopic (exact) mass is 468 g/mol. The van der Waals surface area contributed by atoms with E-state index in [9.17, 15) is 30.2 Å². The van der Waals surface area contributed by atoms with E-state index in [1.165, 1.54) is 0 Å². The molecular formula is C6H15O12P3S3. The lowest BCUT2D eigenvalue weighted by Gasteiger charge is -2.38. The quantitative estimate of drug-likeness (QED) is 0.182. The Labute approximate surface area is 151 Å². The fourth-order valence-corrected chi connectivity index (χ4v) is 8.79. The Morgan fingerprint density at radius 1 is 0.792 bits per heavy atom. The Morgan fingerprint density at radius 2 is 1.33 bits per heavy atom. The Kier molecular flexibility index (Phi) is 8.48. The molecule has 2 unspecified atom stereocenters. The van der Waals surface area contributed by atoms with Crippen LogP contribution in [-0.2, 0) is 53.3 Å². The molecule has 0 aromatic heterocycles. The van der Waals surface area contributed by atoms with Crippen LogP contribution in [0.4, 0.5) is 0 Å². The van der Waals surface area contributed by atoms with Crippen LogP contribution in [0.5, 0.6) is 0 Å². The van der Waals surface area contributed by atoms with Gasteiger partial charge in [0.15, 0.2) is 6.29 Å². The minimum Gasteiger partial charge on any atom is -0.387 e. The third-order valence-electron chi connectivity index (χ3n) is 2.50. The van der Waals surface area contributed by atoms with Crippen LogP contribution >= 0.6 is 20.2 Å². The lowest BCUT2D eigenvalue weighted by Crippen LogP contribution is -2.58. The molecule has 1 saturated heterocycles. The first-order valence-electron chi connectivity index (χ1n) is 5.80. The summed E-state index contributed by atoms with van der Waals surface area (Å²) in [4.78, 5) is 37.1. The van der Waals surface area contributed by atoms with Crippen molar-refractivity contribution in [1.82, 2.24) is 0 Å². The predicted molar refractivity (Wildman–Crippen MR) is 88.8 cm³/mol. The second-order valence-corrected chi connectivity index (χ2v) is 13.0. The predicted octanol–water partition coefficient (Wildman–Crippen LogP) is -2.52. The summed E-state index contributed by atoms with van der Waals surface area (Å²) >= 11 is 13.0. The van der Waals surface area contributed by atoms with Crippen molar-refractivity contribution in [2.45, 2.75) is 30.7 Å². The third-order valence-corrected chi connectivity index (χ3v) is 9.02. The fraction of sp³-hybridized carbons (Fsp3) is 1.00. The Balaban J connectivity index is 2.67.